The lowest BCUT2D eigenvalue weighted by molar-refractivity contribution is 0.0198. The first-order valence-electron chi connectivity index (χ1n) is 16.4. The number of likely N-dealkylation sites (tertiary alicyclic amines) is 1. The number of fused-ring (bicyclic) bond motifs is 1. The summed E-state index contributed by atoms with van der Waals surface area (Å²) in [5, 5.41) is 2.79. The molecule has 1 N–H and O–H groups in total. The predicted octanol–water partition coefficient (Wildman–Crippen LogP) is 8.63. The van der Waals surface area contributed by atoms with Gasteiger partial charge in [-0.15, -0.1) is 0 Å². The molecular formula is C37H47N3O6. The summed E-state index contributed by atoms with van der Waals surface area (Å²) in [5.41, 5.74) is 4.81. The van der Waals surface area contributed by atoms with E-state index >= 15 is 0 Å². The van der Waals surface area contributed by atoms with Crippen LogP contribution in [0.2, 0.25) is 0 Å². The smallest absolute Gasteiger partial charge is 0.413 e. The molecule has 0 bridgehead atoms. The molecular weight excluding hydrogens is 582 g/mol. The molecule has 2 fully saturated rings. The maximum absolute atomic E-state index is 12.9. The zero-order chi connectivity index (χ0) is 32.8. The highest BCUT2D eigenvalue weighted by atomic mass is 16.6. The highest BCUT2D eigenvalue weighted by molar-refractivity contribution is 5.87. The van der Waals surface area contributed by atoms with E-state index in [1.54, 1.807) is 12.0 Å². The Labute approximate surface area is 272 Å². The summed E-state index contributed by atoms with van der Waals surface area (Å²) in [4.78, 5) is 31.8. The Hall–Kier alpha value is -4.27. The van der Waals surface area contributed by atoms with Gasteiger partial charge in [-0.05, 0) is 87.4 Å². The summed E-state index contributed by atoms with van der Waals surface area (Å²) in [6.45, 7) is 11.5. The zero-order valence-corrected chi connectivity index (χ0v) is 28.0. The number of anilines is 1. The molecule has 3 aromatic rings. The molecule has 3 aliphatic rings. The number of methoxy groups -OCH3 is 1. The van der Waals surface area contributed by atoms with Crippen molar-refractivity contribution in [1.29, 1.82) is 0 Å². The zero-order valence-electron chi connectivity index (χ0n) is 28.0. The fourth-order valence-corrected chi connectivity index (χ4v) is 5.83. The summed E-state index contributed by atoms with van der Waals surface area (Å²) in [5.74, 6) is 3.12. The molecule has 9 nitrogen and oxygen atoms in total. The second-order valence-corrected chi connectivity index (χ2v) is 13.3. The molecule has 1 saturated heterocycles. The lowest BCUT2D eigenvalue weighted by Crippen LogP contribution is -2.42. The Balaban J connectivity index is 0.000000760. The highest BCUT2D eigenvalue weighted by Crippen LogP contribution is 2.40. The third-order valence-corrected chi connectivity index (χ3v) is 8.56. The van der Waals surface area contributed by atoms with Crippen LogP contribution in [0.25, 0.3) is 11.3 Å². The molecule has 0 radical (unpaired) electrons. The Morgan fingerprint density at radius 2 is 1.87 bits per heavy atom. The lowest BCUT2D eigenvalue weighted by Gasteiger charge is -2.35. The minimum atomic E-state index is -0.571. The number of hydrogen-bond acceptors (Lipinski definition) is 7. The average molecular weight is 630 g/mol. The largest absolute Gasteiger partial charge is 0.497 e. The first-order valence-corrected chi connectivity index (χ1v) is 16.4. The topological polar surface area (TPSA) is 99.2 Å². The maximum Gasteiger partial charge on any atom is 0.413 e. The van der Waals surface area contributed by atoms with Gasteiger partial charge in [0.2, 0.25) is 0 Å². The molecule has 1 aliphatic carbocycles. The van der Waals surface area contributed by atoms with E-state index in [1.807, 2.05) is 70.2 Å². The van der Waals surface area contributed by atoms with Crippen molar-refractivity contribution in [2.45, 2.75) is 91.5 Å². The van der Waals surface area contributed by atoms with Crippen molar-refractivity contribution in [3.63, 3.8) is 0 Å². The third-order valence-electron chi connectivity index (χ3n) is 8.56. The van der Waals surface area contributed by atoms with Crippen molar-refractivity contribution in [3.8, 4) is 22.8 Å². The number of aromatic nitrogens is 1. The van der Waals surface area contributed by atoms with Gasteiger partial charge in [-0.25, -0.2) is 14.6 Å². The molecule has 246 valence electrons. The molecule has 2 aliphatic heterocycles. The van der Waals surface area contributed by atoms with Crippen LogP contribution in [0.3, 0.4) is 0 Å². The molecule has 1 saturated carbocycles. The van der Waals surface area contributed by atoms with E-state index in [9.17, 15) is 9.59 Å². The minimum Gasteiger partial charge on any atom is -0.497 e. The first kappa shape index (κ1) is 33.1. The van der Waals surface area contributed by atoms with Gasteiger partial charge < -0.3 is 23.8 Å². The van der Waals surface area contributed by atoms with E-state index in [1.165, 1.54) is 19.3 Å². The van der Waals surface area contributed by atoms with Gasteiger partial charge in [-0.2, -0.15) is 0 Å². The van der Waals surface area contributed by atoms with E-state index in [0.29, 0.717) is 37.0 Å². The standard InChI is InChI=1S/C32H37N3O6.C5H10/c1-20-8-6-10-27(39-18-21-11-13-23(38-5)14-12-21)28(20)26-16-24(25-19-40-30(36)34-29(25)33-26)22-9-7-15-35(17-22)31(37)41-32(2,3)4;1-2-5-3-4-5/h6,8,10-14,16,22H,7,9,15,17-19H2,1-5H3,(H,33,34,36);5H,2-4H2,1H3. The molecule has 1 unspecified atom stereocenters. The number of nitrogens with one attached hydrogen (secondary N) is 1. The number of nitrogens with zero attached hydrogens (tertiary/aromatic N) is 2. The monoisotopic (exact) mass is 629 g/mol. The minimum absolute atomic E-state index is 0.0260. The summed E-state index contributed by atoms with van der Waals surface area (Å²) >= 11 is 0. The predicted molar refractivity (Wildman–Crippen MR) is 178 cm³/mol. The van der Waals surface area contributed by atoms with Crippen LogP contribution in [0.4, 0.5) is 15.4 Å². The van der Waals surface area contributed by atoms with Crippen LogP contribution < -0.4 is 14.8 Å². The summed E-state index contributed by atoms with van der Waals surface area (Å²) in [7, 11) is 1.64. The van der Waals surface area contributed by atoms with Crippen LogP contribution in [-0.4, -0.2) is 47.9 Å². The number of aryl methyl sites for hydroxylation is 1. The SMILES string of the molecule is CCC1CC1.COc1ccc(COc2cccc(C)c2-c2cc(C3CCCN(C(=O)OC(C)(C)C)C3)c3c(n2)NC(=O)OC3)cc1. The van der Waals surface area contributed by atoms with Crippen molar-refractivity contribution in [2.75, 3.05) is 25.5 Å². The molecule has 1 atom stereocenters. The van der Waals surface area contributed by atoms with Crippen LogP contribution >= 0.6 is 0 Å². The Bertz CT molecular complexity index is 1530. The van der Waals surface area contributed by atoms with Gasteiger partial charge in [0.05, 0.1) is 12.8 Å². The van der Waals surface area contributed by atoms with E-state index in [0.717, 1.165) is 52.3 Å². The number of cyclic esters (lactones) is 1. The van der Waals surface area contributed by atoms with Crippen molar-refractivity contribution < 1.29 is 28.5 Å². The van der Waals surface area contributed by atoms with E-state index < -0.39 is 11.7 Å². The van der Waals surface area contributed by atoms with E-state index in [2.05, 4.69) is 18.3 Å². The van der Waals surface area contributed by atoms with Crippen molar-refractivity contribution in [3.05, 3.63) is 70.8 Å². The number of pyridine rings is 1. The van der Waals surface area contributed by atoms with Gasteiger partial charge in [0.1, 0.15) is 36.1 Å². The van der Waals surface area contributed by atoms with E-state index in [-0.39, 0.29) is 18.6 Å². The van der Waals surface area contributed by atoms with Crippen LogP contribution in [-0.2, 0) is 22.7 Å². The van der Waals surface area contributed by atoms with E-state index in [4.69, 9.17) is 23.9 Å². The third kappa shape index (κ3) is 8.50. The van der Waals surface area contributed by atoms with Gasteiger partial charge in [0.15, 0.2) is 0 Å². The normalized spacial score (nSPS) is 17.5. The number of amides is 2. The molecule has 1 aromatic heterocycles. The number of carbonyl (C=O) groups is 2. The van der Waals surface area contributed by atoms with Crippen LogP contribution in [0.5, 0.6) is 11.5 Å². The molecule has 9 heteroatoms. The number of hydrogen-bond donors (Lipinski definition) is 1. The fourth-order valence-electron chi connectivity index (χ4n) is 5.83. The molecule has 46 heavy (non-hydrogen) atoms. The van der Waals surface area contributed by atoms with Crippen LogP contribution in [0.15, 0.2) is 48.5 Å². The molecule has 3 heterocycles. The average Bonchev–Trinajstić information content (AvgIpc) is 3.88. The summed E-state index contributed by atoms with van der Waals surface area (Å²) in [6, 6.07) is 15.7. The summed E-state index contributed by atoms with van der Waals surface area (Å²) in [6.07, 6.45) is 5.31. The number of benzene rings is 2. The van der Waals surface area contributed by atoms with Gasteiger partial charge in [-0.3, -0.25) is 5.32 Å². The molecule has 6 rings (SSSR count). The quantitative estimate of drug-likeness (QED) is 0.279. The van der Waals surface area contributed by atoms with Gasteiger partial charge in [-0.1, -0.05) is 50.5 Å². The van der Waals surface area contributed by atoms with Crippen LogP contribution in [0, 0.1) is 12.8 Å². The molecule has 2 amide bonds. The second-order valence-electron chi connectivity index (χ2n) is 13.3. The number of carbonyl (C=O) groups excluding carboxylic acids is 2. The van der Waals surface area contributed by atoms with Gasteiger partial charge in [0, 0.05) is 30.1 Å². The highest BCUT2D eigenvalue weighted by Gasteiger charge is 2.32. The van der Waals surface area contributed by atoms with Gasteiger partial charge >= 0.3 is 12.2 Å². The first-order chi connectivity index (χ1) is 22.0. The van der Waals surface area contributed by atoms with Crippen LogP contribution in [0.1, 0.15) is 88.0 Å². The van der Waals surface area contributed by atoms with Crippen molar-refractivity contribution in [1.82, 2.24) is 9.88 Å². The lowest BCUT2D eigenvalue weighted by atomic mass is 9.86. The molecule has 0 spiro atoms. The second kappa shape index (κ2) is 14.4. The molecule has 2 aromatic carbocycles. The van der Waals surface area contributed by atoms with Crippen molar-refractivity contribution in [2.24, 2.45) is 5.92 Å². The number of rotatable bonds is 7. The Kier molecular flexibility index (Phi) is 10.4. The number of ether oxygens (including phenoxy) is 4. The Morgan fingerprint density at radius 3 is 2.52 bits per heavy atom. The van der Waals surface area contributed by atoms with Gasteiger partial charge in [0.25, 0.3) is 0 Å². The summed E-state index contributed by atoms with van der Waals surface area (Å²) < 4.78 is 22.6. The fraction of sp³-hybridized carbons (Fsp3) is 0.486. The maximum atomic E-state index is 12.9. The van der Waals surface area contributed by atoms with Crippen molar-refractivity contribution >= 4 is 18.0 Å². The Morgan fingerprint density at radius 1 is 1.11 bits per heavy atom. The number of piperidine rings is 1.